The van der Waals surface area contributed by atoms with Gasteiger partial charge in [0.2, 0.25) is 0 Å². The van der Waals surface area contributed by atoms with Crippen LogP contribution in [0.15, 0.2) is 41.1 Å². The SMILES string of the molecule is CNC(=O)c1cc(C#N)cc(C)c1N(C(=O)c1cc(Br)n[nH]1)c1ncccc1Cl. The first-order valence-electron chi connectivity index (χ1n) is 8.30. The zero-order chi connectivity index (χ0) is 21.1. The van der Waals surface area contributed by atoms with E-state index >= 15 is 0 Å². The van der Waals surface area contributed by atoms with E-state index in [4.69, 9.17) is 11.6 Å². The molecule has 3 rings (SSSR count). The summed E-state index contributed by atoms with van der Waals surface area (Å²) in [6, 6.07) is 9.75. The first-order valence-corrected chi connectivity index (χ1v) is 9.47. The summed E-state index contributed by atoms with van der Waals surface area (Å²) in [5.41, 5.74) is 1.37. The van der Waals surface area contributed by atoms with E-state index in [0.29, 0.717) is 10.2 Å². The van der Waals surface area contributed by atoms with Crippen LogP contribution in [0.2, 0.25) is 5.02 Å². The Bertz CT molecular complexity index is 1150. The number of aryl methyl sites for hydroxylation is 1. The number of carbonyl (C=O) groups is 2. The molecule has 0 fully saturated rings. The van der Waals surface area contributed by atoms with Crippen molar-refractivity contribution >= 4 is 50.9 Å². The molecule has 0 spiro atoms. The quantitative estimate of drug-likeness (QED) is 0.599. The van der Waals surface area contributed by atoms with Crippen LogP contribution in [0.4, 0.5) is 11.5 Å². The van der Waals surface area contributed by atoms with Crippen LogP contribution in [0.3, 0.4) is 0 Å². The van der Waals surface area contributed by atoms with E-state index in [2.05, 4.69) is 36.4 Å². The highest BCUT2D eigenvalue weighted by Crippen LogP contribution is 2.36. The number of nitrogens with zero attached hydrogens (tertiary/aromatic N) is 4. The van der Waals surface area contributed by atoms with Crippen molar-refractivity contribution in [3.8, 4) is 6.07 Å². The maximum atomic E-state index is 13.4. The molecule has 0 bridgehead atoms. The van der Waals surface area contributed by atoms with Crippen LogP contribution in [-0.2, 0) is 0 Å². The van der Waals surface area contributed by atoms with E-state index in [0.717, 1.165) is 0 Å². The van der Waals surface area contributed by atoms with Crippen LogP contribution >= 0.6 is 27.5 Å². The topological polar surface area (TPSA) is 115 Å². The largest absolute Gasteiger partial charge is 0.355 e. The molecule has 8 nitrogen and oxygen atoms in total. The van der Waals surface area contributed by atoms with Crippen molar-refractivity contribution < 1.29 is 9.59 Å². The minimum atomic E-state index is -0.526. The second-order valence-electron chi connectivity index (χ2n) is 5.93. The summed E-state index contributed by atoms with van der Waals surface area (Å²) in [6.45, 7) is 1.70. The lowest BCUT2D eigenvalue weighted by molar-refractivity contribution is 0.0963. The molecule has 0 saturated carbocycles. The van der Waals surface area contributed by atoms with Crippen molar-refractivity contribution in [1.82, 2.24) is 20.5 Å². The van der Waals surface area contributed by atoms with Gasteiger partial charge in [-0.05, 0) is 52.7 Å². The number of carbonyl (C=O) groups excluding carboxylic acids is 2. The number of hydrogen-bond acceptors (Lipinski definition) is 5. The van der Waals surface area contributed by atoms with E-state index < -0.39 is 11.8 Å². The molecule has 146 valence electrons. The van der Waals surface area contributed by atoms with Gasteiger partial charge in [0.15, 0.2) is 5.82 Å². The van der Waals surface area contributed by atoms with Gasteiger partial charge in [0.25, 0.3) is 11.8 Å². The first kappa shape index (κ1) is 20.5. The average molecular weight is 474 g/mol. The number of aromatic nitrogens is 3. The Morgan fingerprint density at radius 3 is 2.69 bits per heavy atom. The first-order chi connectivity index (χ1) is 13.9. The van der Waals surface area contributed by atoms with Crippen molar-refractivity contribution in [2.24, 2.45) is 0 Å². The monoisotopic (exact) mass is 472 g/mol. The fourth-order valence-electron chi connectivity index (χ4n) is 2.82. The van der Waals surface area contributed by atoms with Crippen LogP contribution in [0.1, 0.15) is 32.0 Å². The smallest absolute Gasteiger partial charge is 0.282 e. The van der Waals surface area contributed by atoms with Crippen LogP contribution in [0.25, 0.3) is 0 Å². The number of pyridine rings is 1. The minimum absolute atomic E-state index is 0.137. The van der Waals surface area contributed by atoms with E-state index in [1.54, 1.807) is 25.1 Å². The fourth-order valence-corrected chi connectivity index (χ4v) is 3.35. The van der Waals surface area contributed by atoms with Gasteiger partial charge in [0.1, 0.15) is 10.3 Å². The van der Waals surface area contributed by atoms with Crippen molar-refractivity contribution in [2.45, 2.75) is 6.92 Å². The van der Waals surface area contributed by atoms with Gasteiger partial charge in [-0.25, -0.2) is 4.98 Å². The Balaban J connectivity index is 2.33. The molecule has 0 aliphatic rings. The van der Waals surface area contributed by atoms with Crippen molar-refractivity contribution in [1.29, 1.82) is 5.26 Å². The molecule has 0 aliphatic carbocycles. The third kappa shape index (κ3) is 3.99. The number of amides is 2. The van der Waals surface area contributed by atoms with Gasteiger partial charge in [-0.2, -0.15) is 10.4 Å². The molecule has 0 radical (unpaired) electrons. The second-order valence-corrected chi connectivity index (χ2v) is 7.15. The van der Waals surface area contributed by atoms with E-state index in [9.17, 15) is 14.9 Å². The van der Waals surface area contributed by atoms with Gasteiger partial charge in [0, 0.05) is 19.3 Å². The standard InChI is InChI=1S/C19H14BrClN6O2/c1-10-6-11(9-22)7-12(18(28)23-2)16(10)27(17-13(21)4-3-5-24-17)19(29)14-8-15(20)26-25-14/h3-8H,1-2H3,(H,23,28)(H,25,26). The normalized spacial score (nSPS) is 10.3. The van der Waals surface area contributed by atoms with Gasteiger partial charge < -0.3 is 5.32 Å². The van der Waals surface area contributed by atoms with Gasteiger partial charge >= 0.3 is 0 Å². The van der Waals surface area contributed by atoms with Crippen LogP contribution in [0.5, 0.6) is 0 Å². The Morgan fingerprint density at radius 2 is 2.10 bits per heavy atom. The Hall–Kier alpha value is -3.22. The highest BCUT2D eigenvalue weighted by atomic mass is 79.9. The summed E-state index contributed by atoms with van der Waals surface area (Å²) in [6.07, 6.45) is 1.49. The molecule has 3 aromatic rings. The van der Waals surface area contributed by atoms with Crippen LogP contribution < -0.4 is 10.2 Å². The zero-order valence-electron chi connectivity index (χ0n) is 15.3. The highest BCUT2D eigenvalue weighted by Gasteiger charge is 2.30. The summed E-state index contributed by atoms with van der Waals surface area (Å²) in [7, 11) is 1.46. The number of hydrogen-bond donors (Lipinski definition) is 2. The summed E-state index contributed by atoms with van der Waals surface area (Å²) >= 11 is 9.54. The Morgan fingerprint density at radius 1 is 1.34 bits per heavy atom. The number of aromatic amines is 1. The maximum Gasteiger partial charge on any atom is 0.282 e. The number of rotatable bonds is 4. The highest BCUT2D eigenvalue weighted by molar-refractivity contribution is 9.10. The summed E-state index contributed by atoms with van der Waals surface area (Å²) in [5, 5.41) is 18.6. The molecule has 2 N–H and O–H groups in total. The number of benzene rings is 1. The van der Waals surface area contributed by atoms with Crippen LogP contribution in [0, 0.1) is 18.3 Å². The number of anilines is 2. The summed E-state index contributed by atoms with van der Waals surface area (Å²) < 4.78 is 0.441. The molecule has 0 aliphatic heterocycles. The third-order valence-electron chi connectivity index (χ3n) is 4.06. The molecule has 0 atom stereocenters. The van der Waals surface area contributed by atoms with Crippen molar-refractivity contribution in [3.05, 3.63) is 68.5 Å². The summed E-state index contributed by atoms with van der Waals surface area (Å²) in [4.78, 5) is 31.5. The Kier molecular flexibility index (Phi) is 5.96. The predicted octanol–water partition coefficient (Wildman–Crippen LogP) is 3.74. The minimum Gasteiger partial charge on any atom is -0.355 e. The number of H-pyrrole nitrogens is 1. The number of nitriles is 1. The fraction of sp³-hybridized carbons (Fsp3) is 0.105. The summed E-state index contributed by atoms with van der Waals surface area (Å²) in [5.74, 6) is -0.847. The van der Waals surface area contributed by atoms with Crippen molar-refractivity contribution in [3.63, 3.8) is 0 Å². The van der Waals surface area contributed by atoms with Gasteiger partial charge in [-0.15, -0.1) is 0 Å². The molecule has 0 unspecified atom stereocenters. The van der Waals surface area contributed by atoms with Crippen LogP contribution in [-0.4, -0.2) is 34.0 Å². The molecule has 0 saturated heterocycles. The van der Waals surface area contributed by atoms with Gasteiger partial charge in [-0.1, -0.05) is 11.6 Å². The lowest BCUT2D eigenvalue weighted by Crippen LogP contribution is -2.31. The third-order valence-corrected chi connectivity index (χ3v) is 4.76. The predicted molar refractivity (Wildman–Crippen MR) is 111 cm³/mol. The molecule has 2 amide bonds. The molecule has 1 aromatic carbocycles. The van der Waals surface area contributed by atoms with E-state index in [1.165, 1.54) is 30.3 Å². The average Bonchev–Trinajstić information content (AvgIpc) is 3.15. The molecule has 29 heavy (non-hydrogen) atoms. The molecule has 2 aromatic heterocycles. The molecule has 2 heterocycles. The zero-order valence-corrected chi connectivity index (χ0v) is 17.7. The van der Waals surface area contributed by atoms with E-state index in [1.807, 2.05) is 6.07 Å². The maximum absolute atomic E-state index is 13.4. The number of nitrogens with one attached hydrogen (secondary N) is 2. The molecular weight excluding hydrogens is 460 g/mol. The van der Waals surface area contributed by atoms with Gasteiger partial charge in [-0.3, -0.25) is 19.6 Å². The number of halogens is 2. The second kappa shape index (κ2) is 8.43. The lowest BCUT2D eigenvalue weighted by atomic mass is 10.0. The van der Waals surface area contributed by atoms with Crippen molar-refractivity contribution in [2.75, 3.05) is 11.9 Å². The lowest BCUT2D eigenvalue weighted by Gasteiger charge is -2.26. The molecular formula is C19H14BrClN6O2. The molecule has 10 heteroatoms. The van der Waals surface area contributed by atoms with E-state index in [-0.39, 0.29) is 33.3 Å². The Labute approximate surface area is 179 Å². The van der Waals surface area contributed by atoms with Gasteiger partial charge in [0.05, 0.1) is 27.9 Å².